The molecule has 0 fully saturated rings. The average molecular weight is 330 g/mol. The van der Waals surface area contributed by atoms with Crippen LogP contribution in [0.1, 0.15) is 23.5 Å². The monoisotopic (exact) mass is 330 g/mol. The van der Waals surface area contributed by atoms with Crippen LogP contribution in [-0.2, 0) is 6.54 Å². The molecule has 0 aliphatic rings. The van der Waals surface area contributed by atoms with E-state index in [1.807, 2.05) is 43.5 Å². The SMILES string of the molecule is CC(C)[C@@H](Cn1c(=O)oc2ccccc21)NC(=O)c1cccs1. The molecule has 0 saturated heterocycles. The lowest BCUT2D eigenvalue weighted by molar-refractivity contribution is 0.0924. The highest BCUT2D eigenvalue weighted by Gasteiger charge is 2.21. The lowest BCUT2D eigenvalue weighted by Crippen LogP contribution is -2.42. The van der Waals surface area contributed by atoms with Crippen LogP contribution in [0.5, 0.6) is 0 Å². The number of nitrogens with zero attached hydrogens (tertiary/aromatic N) is 1. The minimum atomic E-state index is -0.401. The average Bonchev–Trinajstić information content (AvgIpc) is 3.15. The van der Waals surface area contributed by atoms with E-state index in [0.717, 1.165) is 5.52 Å². The Kier molecular flexibility index (Phi) is 4.34. The summed E-state index contributed by atoms with van der Waals surface area (Å²) in [6.45, 7) is 4.42. The molecular formula is C17H18N2O3S. The van der Waals surface area contributed by atoms with Gasteiger partial charge in [-0.25, -0.2) is 4.79 Å². The van der Waals surface area contributed by atoms with Crippen LogP contribution in [0, 0.1) is 5.92 Å². The van der Waals surface area contributed by atoms with Gasteiger partial charge < -0.3 is 9.73 Å². The van der Waals surface area contributed by atoms with E-state index >= 15 is 0 Å². The molecule has 1 amide bonds. The first-order valence-electron chi connectivity index (χ1n) is 7.49. The Morgan fingerprint density at radius 1 is 1.26 bits per heavy atom. The fourth-order valence-corrected chi connectivity index (χ4v) is 3.08. The van der Waals surface area contributed by atoms with E-state index in [2.05, 4.69) is 5.32 Å². The van der Waals surface area contributed by atoms with Crippen LogP contribution in [-0.4, -0.2) is 16.5 Å². The number of hydrogen-bond acceptors (Lipinski definition) is 4. The fourth-order valence-electron chi connectivity index (χ4n) is 2.45. The van der Waals surface area contributed by atoms with Crippen LogP contribution in [0.2, 0.25) is 0 Å². The van der Waals surface area contributed by atoms with Gasteiger partial charge in [0.1, 0.15) is 0 Å². The van der Waals surface area contributed by atoms with Gasteiger partial charge in [0, 0.05) is 12.6 Å². The summed E-state index contributed by atoms with van der Waals surface area (Å²) in [5.41, 5.74) is 1.30. The molecule has 0 saturated carbocycles. The molecule has 6 heteroatoms. The van der Waals surface area contributed by atoms with Gasteiger partial charge in [-0.3, -0.25) is 9.36 Å². The van der Waals surface area contributed by atoms with Gasteiger partial charge in [-0.2, -0.15) is 0 Å². The summed E-state index contributed by atoms with van der Waals surface area (Å²) in [7, 11) is 0. The standard InChI is InChI=1S/C17H18N2O3S/c1-11(2)12(18-16(20)15-8-5-9-23-15)10-19-13-6-3-4-7-14(13)22-17(19)21/h3-9,11-12H,10H2,1-2H3,(H,18,20)/t12-/m1/s1. The number of carbonyl (C=O) groups excluding carboxylic acids is 1. The molecular weight excluding hydrogens is 312 g/mol. The molecule has 0 radical (unpaired) electrons. The number of hydrogen-bond donors (Lipinski definition) is 1. The van der Waals surface area contributed by atoms with E-state index in [9.17, 15) is 9.59 Å². The van der Waals surface area contributed by atoms with Crippen molar-refractivity contribution < 1.29 is 9.21 Å². The highest BCUT2D eigenvalue weighted by molar-refractivity contribution is 7.12. The summed E-state index contributed by atoms with van der Waals surface area (Å²) < 4.78 is 6.83. The summed E-state index contributed by atoms with van der Waals surface area (Å²) in [5, 5.41) is 4.89. The van der Waals surface area contributed by atoms with Gasteiger partial charge in [0.05, 0.1) is 10.4 Å². The van der Waals surface area contributed by atoms with E-state index in [1.54, 1.807) is 16.7 Å². The van der Waals surface area contributed by atoms with Crippen molar-refractivity contribution in [2.45, 2.75) is 26.4 Å². The van der Waals surface area contributed by atoms with Crippen LogP contribution < -0.4 is 11.1 Å². The van der Waals surface area contributed by atoms with Crippen LogP contribution in [0.4, 0.5) is 0 Å². The Morgan fingerprint density at radius 2 is 2.04 bits per heavy atom. The van der Waals surface area contributed by atoms with Gasteiger partial charge in [-0.1, -0.05) is 32.0 Å². The van der Waals surface area contributed by atoms with Crippen molar-refractivity contribution >= 4 is 28.3 Å². The van der Waals surface area contributed by atoms with Gasteiger partial charge in [0.25, 0.3) is 5.91 Å². The smallest absolute Gasteiger partial charge is 0.408 e. The second kappa shape index (κ2) is 6.42. The zero-order chi connectivity index (χ0) is 16.4. The summed E-state index contributed by atoms with van der Waals surface area (Å²) in [6, 6.07) is 10.8. The van der Waals surface area contributed by atoms with E-state index in [1.165, 1.54) is 11.3 Å². The highest BCUT2D eigenvalue weighted by atomic mass is 32.1. The third-order valence-electron chi connectivity index (χ3n) is 3.82. The Hall–Kier alpha value is -2.34. The molecule has 2 heterocycles. The van der Waals surface area contributed by atoms with Crippen LogP contribution >= 0.6 is 11.3 Å². The van der Waals surface area contributed by atoms with Crippen molar-refractivity contribution in [3.63, 3.8) is 0 Å². The maximum atomic E-state index is 12.3. The third kappa shape index (κ3) is 3.22. The number of nitrogens with one attached hydrogen (secondary N) is 1. The predicted octanol–water partition coefficient (Wildman–Crippen LogP) is 3.11. The number of oxazole rings is 1. The number of rotatable bonds is 5. The molecule has 3 aromatic rings. The van der Waals surface area contributed by atoms with Crippen LogP contribution in [0.3, 0.4) is 0 Å². The van der Waals surface area contributed by atoms with E-state index in [-0.39, 0.29) is 17.9 Å². The fraction of sp³-hybridized carbons (Fsp3) is 0.294. The van der Waals surface area contributed by atoms with Crippen LogP contribution in [0.15, 0.2) is 51.0 Å². The molecule has 1 aromatic carbocycles. The lowest BCUT2D eigenvalue weighted by atomic mass is 10.0. The van der Waals surface area contributed by atoms with E-state index in [0.29, 0.717) is 17.0 Å². The number of amides is 1. The first-order valence-corrected chi connectivity index (χ1v) is 8.37. The summed E-state index contributed by atoms with van der Waals surface area (Å²) >= 11 is 1.40. The minimum Gasteiger partial charge on any atom is -0.408 e. The van der Waals surface area contributed by atoms with Gasteiger partial charge >= 0.3 is 5.76 Å². The largest absolute Gasteiger partial charge is 0.420 e. The van der Waals surface area contributed by atoms with Crippen molar-refractivity contribution in [1.29, 1.82) is 0 Å². The summed E-state index contributed by atoms with van der Waals surface area (Å²) in [4.78, 5) is 25.0. The minimum absolute atomic E-state index is 0.112. The first kappa shape index (κ1) is 15.6. The second-order valence-electron chi connectivity index (χ2n) is 5.75. The van der Waals surface area contributed by atoms with Crippen LogP contribution in [0.25, 0.3) is 11.1 Å². The van der Waals surface area contributed by atoms with Gasteiger partial charge in [-0.15, -0.1) is 11.3 Å². The Balaban J connectivity index is 1.86. The van der Waals surface area contributed by atoms with Gasteiger partial charge in [-0.05, 0) is 29.5 Å². The van der Waals surface area contributed by atoms with E-state index < -0.39 is 5.76 Å². The topological polar surface area (TPSA) is 64.2 Å². The van der Waals surface area contributed by atoms with Crippen molar-refractivity contribution in [1.82, 2.24) is 9.88 Å². The predicted molar refractivity (Wildman–Crippen MR) is 90.9 cm³/mol. The summed E-state index contributed by atoms with van der Waals surface area (Å²) in [5.74, 6) is -0.332. The number of thiophene rings is 1. The molecule has 2 aromatic heterocycles. The van der Waals surface area contributed by atoms with Crippen molar-refractivity contribution in [2.75, 3.05) is 0 Å². The highest BCUT2D eigenvalue weighted by Crippen LogP contribution is 2.15. The lowest BCUT2D eigenvalue weighted by Gasteiger charge is -2.22. The molecule has 0 spiro atoms. The zero-order valence-electron chi connectivity index (χ0n) is 13.0. The van der Waals surface area contributed by atoms with Gasteiger partial charge in [0.15, 0.2) is 5.58 Å². The number of aromatic nitrogens is 1. The van der Waals surface area contributed by atoms with Crippen molar-refractivity contribution in [3.05, 3.63) is 57.2 Å². The Bertz CT molecular complexity index is 861. The molecule has 0 aliphatic carbocycles. The molecule has 120 valence electrons. The number of para-hydroxylation sites is 2. The van der Waals surface area contributed by atoms with Crippen molar-refractivity contribution in [2.24, 2.45) is 5.92 Å². The molecule has 0 bridgehead atoms. The Morgan fingerprint density at radius 3 is 2.74 bits per heavy atom. The zero-order valence-corrected chi connectivity index (χ0v) is 13.8. The first-order chi connectivity index (χ1) is 11.1. The maximum absolute atomic E-state index is 12.3. The molecule has 0 unspecified atom stereocenters. The van der Waals surface area contributed by atoms with Crippen molar-refractivity contribution in [3.8, 4) is 0 Å². The molecule has 3 rings (SSSR count). The molecule has 0 aliphatic heterocycles. The summed E-state index contributed by atoms with van der Waals surface area (Å²) in [6.07, 6.45) is 0. The quantitative estimate of drug-likeness (QED) is 0.782. The third-order valence-corrected chi connectivity index (χ3v) is 4.69. The molecule has 5 nitrogen and oxygen atoms in total. The molecule has 1 atom stereocenters. The number of fused-ring (bicyclic) bond motifs is 1. The maximum Gasteiger partial charge on any atom is 0.420 e. The normalized spacial score (nSPS) is 12.7. The van der Waals surface area contributed by atoms with E-state index in [4.69, 9.17) is 4.42 Å². The van der Waals surface area contributed by atoms with Gasteiger partial charge in [0.2, 0.25) is 0 Å². The molecule has 1 N–H and O–H groups in total. The Labute approximate surface area is 137 Å². The second-order valence-corrected chi connectivity index (χ2v) is 6.70. The molecule has 23 heavy (non-hydrogen) atoms. The number of carbonyl (C=O) groups is 1. The number of benzene rings is 1.